The van der Waals surface area contributed by atoms with E-state index in [1.807, 2.05) is 24.3 Å². The Kier molecular flexibility index (Phi) is 5.06. The first-order valence-corrected chi connectivity index (χ1v) is 7.60. The van der Waals surface area contributed by atoms with Crippen molar-refractivity contribution in [3.8, 4) is 5.75 Å². The van der Waals surface area contributed by atoms with Crippen molar-refractivity contribution < 1.29 is 9.84 Å². The Hall–Kier alpha value is -1.06. The number of likely N-dealkylation sites (tertiary alicyclic amines) is 1. The summed E-state index contributed by atoms with van der Waals surface area (Å²) in [5.41, 5.74) is 0.962. The van der Waals surface area contributed by atoms with Gasteiger partial charge in [0.15, 0.2) is 0 Å². The Labute approximate surface area is 122 Å². The SMILES string of the molecule is COc1ccc(C(O)C(C)N2CC(C)CCC2C)cc1. The third kappa shape index (κ3) is 3.33. The van der Waals surface area contributed by atoms with Crippen LogP contribution in [0.5, 0.6) is 5.75 Å². The topological polar surface area (TPSA) is 32.7 Å². The third-order valence-electron chi connectivity index (χ3n) is 4.60. The van der Waals surface area contributed by atoms with E-state index in [1.54, 1.807) is 7.11 Å². The zero-order valence-electron chi connectivity index (χ0n) is 13.0. The number of nitrogens with zero attached hydrogens (tertiary/aromatic N) is 1. The van der Waals surface area contributed by atoms with Gasteiger partial charge < -0.3 is 9.84 Å². The lowest BCUT2D eigenvalue weighted by atomic mass is 9.91. The normalized spacial score (nSPS) is 27.1. The van der Waals surface area contributed by atoms with Gasteiger partial charge in [-0.3, -0.25) is 4.90 Å². The lowest BCUT2D eigenvalue weighted by Gasteiger charge is -2.42. The molecule has 3 heteroatoms. The number of benzene rings is 1. The highest BCUT2D eigenvalue weighted by atomic mass is 16.5. The van der Waals surface area contributed by atoms with E-state index in [9.17, 15) is 5.11 Å². The third-order valence-corrected chi connectivity index (χ3v) is 4.60. The Morgan fingerprint density at radius 3 is 2.45 bits per heavy atom. The molecule has 1 N–H and O–H groups in total. The minimum Gasteiger partial charge on any atom is -0.497 e. The van der Waals surface area contributed by atoms with Crippen molar-refractivity contribution in [3.05, 3.63) is 29.8 Å². The highest BCUT2D eigenvalue weighted by Crippen LogP contribution is 2.29. The molecule has 1 heterocycles. The van der Waals surface area contributed by atoms with Crippen LogP contribution in [0.25, 0.3) is 0 Å². The molecule has 0 spiro atoms. The predicted molar refractivity (Wildman–Crippen MR) is 82.0 cm³/mol. The molecule has 1 aliphatic heterocycles. The monoisotopic (exact) mass is 277 g/mol. The maximum absolute atomic E-state index is 10.6. The van der Waals surface area contributed by atoms with E-state index < -0.39 is 6.10 Å². The molecule has 0 saturated carbocycles. The number of hydrogen-bond donors (Lipinski definition) is 1. The molecule has 2 rings (SSSR count). The lowest BCUT2D eigenvalue weighted by molar-refractivity contribution is 0.00724. The van der Waals surface area contributed by atoms with E-state index in [0.29, 0.717) is 6.04 Å². The van der Waals surface area contributed by atoms with E-state index in [4.69, 9.17) is 4.74 Å². The van der Waals surface area contributed by atoms with E-state index >= 15 is 0 Å². The smallest absolute Gasteiger partial charge is 0.118 e. The standard InChI is InChI=1S/C17H27NO2/c1-12-5-6-13(2)18(11-12)14(3)17(19)15-7-9-16(20-4)10-8-15/h7-10,12-14,17,19H,5-6,11H2,1-4H3. The minimum atomic E-state index is -0.450. The molecule has 1 aliphatic rings. The molecule has 112 valence electrons. The fourth-order valence-electron chi connectivity index (χ4n) is 3.15. The maximum Gasteiger partial charge on any atom is 0.118 e. The second-order valence-corrected chi connectivity index (χ2v) is 6.19. The van der Waals surface area contributed by atoms with Crippen LogP contribution in [0.3, 0.4) is 0 Å². The first kappa shape index (κ1) is 15.3. The Balaban J connectivity index is 2.08. The quantitative estimate of drug-likeness (QED) is 0.917. The average molecular weight is 277 g/mol. The van der Waals surface area contributed by atoms with E-state index in [2.05, 4.69) is 25.7 Å². The van der Waals surface area contributed by atoms with Gasteiger partial charge >= 0.3 is 0 Å². The molecule has 1 fully saturated rings. The lowest BCUT2D eigenvalue weighted by Crippen LogP contribution is -2.48. The molecule has 4 atom stereocenters. The summed E-state index contributed by atoms with van der Waals surface area (Å²) in [5.74, 6) is 1.55. The second-order valence-electron chi connectivity index (χ2n) is 6.19. The maximum atomic E-state index is 10.6. The first-order valence-electron chi connectivity index (χ1n) is 7.60. The number of aliphatic hydroxyl groups excluding tert-OH is 1. The summed E-state index contributed by atoms with van der Waals surface area (Å²) < 4.78 is 5.16. The number of ether oxygens (including phenoxy) is 1. The molecule has 1 aromatic carbocycles. The van der Waals surface area contributed by atoms with Gasteiger partial charge in [0.05, 0.1) is 13.2 Å². The van der Waals surface area contributed by atoms with Gasteiger partial charge in [-0.15, -0.1) is 0 Å². The number of hydrogen-bond acceptors (Lipinski definition) is 3. The molecule has 0 aromatic heterocycles. The van der Waals surface area contributed by atoms with Crippen LogP contribution >= 0.6 is 0 Å². The molecule has 20 heavy (non-hydrogen) atoms. The van der Waals surface area contributed by atoms with Crippen LogP contribution in [0.15, 0.2) is 24.3 Å². The predicted octanol–water partition coefficient (Wildman–Crippen LogP) is 3.24. The van der Waals surface area contributed by atoms with Gasteiger partial charge in [0, 0.05) is 18.6 Å². The highest BCUT2D eigenvalue weighted by Gasteiger charge is 2.30. The van der Waals surface area contributed by atoms with Crippen LogP contribution < -0.4 is 4.74 Å². The summed E-state index contributed by atoms with van der Waals surface area (Å²) in [4.78, 5) is 2.45. The minimum absolute atomic E-state index is 0.140. The molecule has 1 saturated heterocycles. The van der Waals surface area contributed by atoms with E-state index in [1.165, 1.54) is 12.8 Å². The zero-order chi connectivity index (χ0) is 14.7. The number of methoxy groups -OCH3 is 1. The van der Waals surface area contributed by atoms with Crippen molar-refractivity contribution in [2.45, 2.75) is 51.8 Å². The second kappa shape index (κ2) is 6.59. The Bertz CT molecular complexity index is 418. The van der Waals surface area contributed by atoms with Gasteiger partial charge in [0.1, 0.15) is 5.75 Å². The molecule has 1 aromatic rings. The Morgan fingerprint density at radius 1 is 1.20 bits per heavy atom. The summed E-state index contributed by atoms with van der Waals surface area (Å²) in [7, 11) is 1.66. The number of piperidine rings is 1. The van der Waals surface area contributed by atoms with Crippen LogP contribution in [-0.2, 0) is 0 Å². The van der Waals surface area contributed by atoms with Crippen molar-refractivity contribution in [2.75, 3.05) is 13.7 Å². The molecule has 0 amide bonds. The molecule has 0 aliphatic carbocycles. The molecular formula is C17H27NO2. The van der Waals surface area contributed by atoms with Crippen LogP contribution in [0.1, 0.15) is 45.3 Å². The molecule has 0 bridgehead atoms. The summed E-state index contributed by atoms with van der Waals surface area (Å²) in [6, 6.07) is 8.42. The van der Waals surface area contributed by atoms with Crippen LogP contribution in [-0.4, -0.2) is 35.7 Å². The molecule has 4 unspecified atom stereocenters. The zero-order valence-corrected chi connectivity index (χ0v) is 13.0. The van der Waals surface area contributed by atoms with Crippen molar-refractivity contribution in [1.29, 1.82) is 0 Å². The van der Waals surface area contributed by atoms with Crippen molar-refractivity contribution in [3.63, 3.8) is 0 Å². The van der Waals surface area contributed by atoms with Crippen LogP contribution in [0.4, 0.5) is 0 Å². The number of rotatable bonds is 4. The summed E-state index contributed by atoms with van der Waals surface area (Å²) in [6.45, 7) is 7.77. The number of aliphatic hydroxyl groups is 1. The van der Waals surface area contributed by atoms with Gasteiger partial charge in [-0.2, -0.15) is 0 Å². The summed E-state index contributed by atoms with van der Waals surface area (Å²) in [5, 5.41) is 10.6. The largest absolute Gasteiger partial charge is 0.497 e. The summed E-state index contributed by atoms with van der Waals surface area (Å²) in [6.07, 6.45) is 2.07. The van der Waals surface area contributed by atoms with Crippen molar-refractivity contribution in [2.24, 2.45) is 5.92 Å². The van der Waals surface area contributed by atoms with Crippen LogP contribution in [0, 0.1) is 5.92 Å². The van der Waals surface area contributed by atoms with Crippen molar-refractivity contribution >= 4 is 0 Å². The van der Waals surface area contributed by atoms with Gasteiger partial charge in [-0.05, 0) is 50.3 Å². The van der Waals surface area contributed by atoms with Crippen molar-refractivity contribution in [1.82, 2.24) is 4.90 Å². The Morgan fingerprint density at radius 2 is 1.85 bits per heavy atom. The summed E-state index contributed by atoms with van der Waals surface area (Å²) >= 11 is 0. The first-order chi connectivity index (χ1) is 9.52. The van der Waals surface area contributed by atoms with Gasteiger partial charge in [-0.25, -0.2) is 0 Å². The molecular weight excluding hydrogens is 250 g/mol. The van der Waals surface area contributed by atoms with Gasteiger partial charge in [0.25, 0.3) is 0 Å². The van der Waals surface area contributed by atoms with Crippen LogP contribution in [0.2, 0.25) is 0 Å². The highest BCUT2D eigenvalue weighted by molar-refractivity contribution is 5.29. The van der Waals surface area contributed by atoms with Gasteiger partial charge in [0.2, 0.25) is 0 Å². The van der Waals surface area contributed by atoms with E-state index in [0.717, 1.165) is 23.8 Å². The fourth-order valence-corrected chi connectivity index (χ4v) is 3.15. The van der Waals surface area contributed by atoms with Gasteiger partial charge in [-0.1, -0.05) is 19.1 Å². The van der Waals surface area contributed by atoms with E-state index in [-0.39, 0.29) is 6.04 Å². The fraction of sp³-hybridized carbons (Fsp3) is 0.647. The average Bonchev–Trinajstić information content (AvgIpc) is 2.48. The molecule has 3 nitrogen and oxygen atoms in total. The molecule has 0 radical (unpaired) electrons.